The molecule has 1 aromatic heterocycles. The van der Waals surface area contributed by atoms with E-state index in [-0.39, 0.29) is 17.6 Å². The molecule has 2 atom stereocenters. The summed E-state index contributed by atoms with van der Waals surface area (Å²) in [6.07, 6.45) is 5.91. The number of hydrogen-bond acceptors (Lipinski definition) is 3. The number of rotatable bonds is 3. The van der Waals surface area contributed by atoms with Crippen LogP contribution in [-0.2, 0) is 0 Å². The molecule has 0 saturated heterocycles. The van der Waals surface area contributed by atoms with E-state index >= 15 is 0 Å². The largest absolute Gasteiger partial charge is 0.477 e. The van der Waals surface area contributed by atoms with Crippen LogP contribution >= 0.6 is 0 Å². The first-order valence-electron chi connectivity index (χ1n) is 6.97. The number of carboxylic acids is 1. The third-order valence-electron chi connectivity index (χ3n) is 4.11. The number of aromatic carboxylic acids is 1. The number of pyridine rings is 1. The number of nitrogens with zero attached hydrogens (tertiary/aromatic N) is 2. The maximum Gasteiger partial charge on any atom is 0.354 e. The van der Waals surface area contributed by atoms with Crippen LogP contribution in [0.3, 0.4) is 0 Å². The van der Waals surface area contributed by atoms with Gasteiger partial charge in [0.1, 0.15) is 5.69 Å². The fraction of sp³-hybridized carbons (Fsp3) is 0.533. The number of carbonyl (C=O) groups is 2. The van der Waals surface area contributed by atoms with Crippen molar-refractivity contribution in [2.45, 2.75) is 38.6 Å². The van der Waals surface area contributed by atoms with Crippen LogP contribution < -0.4 is 0 Å². The second-order valence-electron chi connectivity index (χ2n) is 5.48. The van der Waals surface area contributed by atoms with Gasteiger partial charge in [0.2, 0.25) is 0 Å². The smallest absolute Gasteiger partial charge is 0.354 e. The molecule has 0 radical (unpaired) electrons. The van der Waals surface area contributed by atoms with Crippen LogP contribution in [0.1, 0.15) is 53.5 Å². The minimum absolute atomic E-state index is 0.0461. The molecule has 5 heteroatoms. The summed E-state index contributed by atoms with van der Waals surface area (Å²) in [6.45, 7) is 2.18. The van der Waals surface area contributed by atoms with Gasteiger partial charge in [0, 0.05) is 19.3 Å². The average Bonchev–Trinajstić information content (AvgIpc) is 2.46. The van der Waals surface area contributed by atoms with Crippen molar-refractivity contribution in [1.82, 2.24) is 9.88 Å². The molecule has 1 saturated carbocycles. The van der Waals surface area contributed by atoms with Gasteiger partial charge in [-0.2, -0.15) is 0 Å². The molecule has 1 aromatic rings. The van der Waals surface area contributed by atoms with Crippen molar-refractivity contribution < 1.29 is 14.7 Å². The third kappa shape index (κ3) is 2.98. The quantitative estimate of drug-likeness (QED) is 0.920. The lowest BCUT2D eigenvalue weighted by atomic mass is 9.85. The van der Waals surface area contributed by atoms with Crippen molar-refractivity contribution in [3.63, 3.8) is 0 Å². The Morgan fingerprint density at radius 2 is 2.00 bits per heavy atom. The lowest BCUT2D eigenvalue weighted by Crippen LogP contribution is -2.42. The Hall–Kier alpha value is -1.91. The fourth-order valence-corrected chi connectivity index (χ4v) is 2.87. The van der Waals surface area contributed by atoms with Gasteiger partial charge in [0.05, 0.1) is 5.56 Å². The number of carbonyl (C=O) groups excluding carboxylic acids is 1. The minimum atomic E-state index is -1.08. The molecule has 0 unspecified atom stereocenters. The monoisotopic (exact) mass is 276 g/mol. The van der Waals surface area contributed by atoms with Gasteiger partial charge in [-0.15, -0.1) is 0 Å². The molecule has 1 N–H and O–H groups in total. The Morgan fingerprint density at radius 1 is 1.30 bits per heavy atom. The predicted molar refractivity (Wildman–Crippen MR) is 74.7 cm³/mol. The van der Waals surface area contributed by atoms with Crippen molar-refractivity contribution >= 4 is 11.9 Å². The second-order valence-corrected chi connectivity index (χ2v) is 5.48. The second kappa shape index (κ2) is 6.03. The minimum Gasteiger partial charge on any atom is -0.477 e. The Labute approximate surface area is 118 Å². The van der Waals surface area contributed by atoms with Gasteiger partial charge < -0.3 is 10.0 Å². The summed E-state index contributed by atoms with van der Waals surface area (Å²) in [6, 6.07) is 3.16. The normalized spacial score (nSPS) is 22.3. The highest BCUT2D eigenvalue weighted by molar-refractivity contribution is 5.95. The molecule has 0 aromatic carbocycles. The van der Waals surface area contributed by atoms with Crippen molar-refractivity contribution in [2.75, 3.05) is 7.05 Å². The van der Waals surface area contributed by atoms with Gasteiger partial charge in [-0.3, -0.25) is 4.79 Å². The molecule has 108 valence electrons. The Balaban J connectivity index is 2.11. The van der Waals surface area contributed by atoms with Gasteiger partial charge in [-0.25, -0.2) is 9.78 Å². The maximum absolute atomic E-state index is 12.4. The Bertz CT molecular complexity index is 498. The fourth-order valence-electron chi connectivity index (χ4n) is 2.87. The van der Waals surface area contributed by atoms with Crippen LogP contribution in [0.5, 0.6) is 0 Å². The molecular weight excluding hydrogens is 256 g/mol. The summed E-state index contributed by atoms with van der Waals surface area (Å²) in [5.41, 5.74) is 0.394. The highest BCUT2D eigenvalue weighted by atomic mass is 16.4. The third-order valence-corrected chi connectivity index (χ3v) is 4.11. The van der Waals surface area contributed by atoms with Crippen LogP contribution in [-0.4, -0.2) is 40.0 Å². The van der Waals surface area contributed by atoms with Crippen molar-refractivity contribution in [3.05, 3.63) is 29.6 Å². The van der Waals surface area contributed by atoms with E-state index in [2.05, 4.69) is 11.9 Å². The van der Waals surface area contributed by atoms with Crippen molar-refractivity contribution in [2.24, 2.45) is 5.92 Å². The number of amides is 1. The first kappa shape index (κ1) is 14.5. The van der Waals surface area contributed by atoms with E-state index in [0.29, 0.717) is 11.5 Å². The number of hydrogen-bond donors (Lipinski definition) is 1. The molecule has 5 nitrogen and oxygen atoms in total. The Kier molecular flexibility index (Phi) is 4.37. The summed E-state index contributed by atoms with van der Waals surface area (Å²) in [5, 5.41) is 8.80. The zero-order valence-electron chi connectivity index (χ0n) is 11.9. The predicted octanol–water partition coefficient (Wildman–Crippen LogP) is 2.43. The van der Waals surface area contributed by atoms with E-state index in [1.165, 1.54) is 24.8 Å². The molecule has 1 fully saturated rings. The van der Waals surface area contributed by atoms with E-state index in [9.17, 15) is 9.59 Å². The van der Waals surface area contributed by atoms with Crippen molar-refractivity contribution in [1.29, 1.82) is 0 Å². The van der Waals surface area contributed by atoms with Crippen molar-refractivity contribution in [3.8, 4) is 0 Å². The van der Waals surface area contributed by atoms with E-state index < -0.39 is 5.97 Å². The molecule has 2 rings (SSSR count). The molecule has 1 aliphatic carbocycles. The van der Waals surface area contributed by atoms with E-state index in [1.54, 1.807) is 4.90 Å². The molecule has 0 bridgehead atoms. The SMILES string of the molecule is C[C@H]1CCCC[C@@H]1N(C)C(=O)c1ccc(C(=O)O)nc1. The zero-order chi connectivity index (χ0) is 14.7. The highest BCUT2D eigenvalue weighted by Crippen LogP contribution is 2.28. The van der Waals surface area contributed by atoms with Gasteiger partial charge in [-0.1, -0.05) is 19.8 Å². The van der Waals surface area contributed by atoms with Crippen LogP contribution in [0.15, 0.2) is 18.3 Å². The Morgan fingerprint density at radius 3 is 2.55 bits per heavy atom. The topological polar surface area (TPSA) is 70.5 Å². The van der Waals surface area contributed by atoms with E-state index in [1.807, 2.05) is 7.05 Å². The molecule has 1 aliphatic rings. The first-order chi connectivity index (χ1) is 9.50. The summed E-state index contributed by atoms with van der Waals surface area (Å²) in [4.78, 5) is 28.7. The number of aromatic nitrogens is 1. The first-order valence-corrected chi connectivity index (χ1v) is 6.97. The summed E-state index contributed by atoms with van der Waals surface area (Å²) < 4.78 is 0. The van der Waals surface area contributed by atoms with Gasteiger partial charge in [0.15, 0.2) is 0 Å². The van der Waals surface area contributed by atoms with Crippen LogP contribution in [0.25, 0.3) is 0 Å². The van der Waals surface area contributed by atoms with Gasteiger partial charge in [0.25, 0.3) is 5.91 Å². The molecular formula is C15H20N2O3. The average molecular weight is 276 g/mol. The van der Waals surface area contributed by atoms with Crippen LogP contribution in [0, 0.1) is 5.92 Å². The standard InChI is InChI=1S/C15H20N2O3/c1-10-5-3-4-6-13(10)17(2)14(18)11-7-8-12(15(19)20)16-9-11/h7-10,13H,3-6H2,1-2H3,(H,19,20)/t10-,13-/m0/s1. The summed E-state index contributed by atoms with van der Waals surface area (Å²) in [7, 11) is 1.82. The lowest BCUT2D eigenvalue weighted by molar-refractivity contribution is 0.0625. The van der Waals surface area contributed by atoms with Crippen LogP contribution in [0.4, 0.5) is 0 Å². The van der Waals surface area contributed by atoms with E-state index in [4.69, 9.17) is 5.11 Å². The molecule has 20 heavy (non-hydrogen) atoms. The summed E-state index contributed by atoms with van der Waals surface area (Å²) in [5.74, 6) is -0.671. The maximum atomic E-state index is 12.4. The number of carboxylic acid groups (broad SMARTS) is 1. The highest BCUT2D eigenvalue weighted by Gasteiger charge is 2.28. The van der Waals surface area contributed by atoms with Gasteiger partial charge >= 0.3 is 5.97 Å². The van der Waals surface area contributed by atoms with Crippen LogP contribution in [0.2, 0.25) is 0 Å². The lowest BCUT2D eigenvalue weighted by Gasteiger charge is -2.36. The van der Waals surface area contributed by atoms with E-state index in [0.717, 1.165) is 19.3 Å². The molecule has 1 amide bonds. The summed E-state index contributed by atoms with van der Waals surface area (Å²) >= 11 is 0. The molecule has 0 spiro atoms. The van der Waals surface area contributed by atoms with Gasteiger partial charge in [-0.05, 0) is 30.9 Å². The molecule has 0 aliphatic heterocycles. The molecule has 1 heterocycles. The zero-order valence-corrected chi connectivity index (χ0v) is 11.9.